The van der Waals surface area contributed by atoms with Gasteiger partial charge < -0.3 is 9.88 Å². The van der Waals surface area contributed by atoms with Crippen molar-refractivity contribution in [3.05, 3.63) is 96.7 Å². The van der Waals surface area contributed by atoms with E-state index in [-0.39, 0.29) is 5.91 Å². The Labute approximate surface area is 197 Å². The van der Waals surface area contributed by atoms with Gasteiger partial charge >= 0.3 is 0 Å². The maximum Gasteiger partial charge on any atom is 0.271 e. The molecule has 1 aliphatic heterocycles. The largest absolute Gasteiger partial charge is 0.350 e. The Balaban J connectivity index is 1.30. The van der Waals surface area contributed by atoms with Crippen LogP contribution < -0.4 is 5.32 Å². The van der Waals surface area contributed by atoms with E-state index in [1.165, 1.54) is 0 Å². The van der Waals surface area contributed by atoms with E-state index >= 15 is 0 Å². The molecule has 1 unspecified atom stereocenters. The fraction of sp³-hybridized carbons (Fsp3) is 0.185. The lowest BCUT2D eigenvalue weighted by atomic mass is 9.99. The topological polar surface area (TPSA) is 77.1 Å². The van der Waals surface area contributed by atoms with E-state index in [0.717, 1.165) is 47.7 Å². The van der Waals surface area contributed by atoms with Gasteiger partial charge in [0.05, 0.1) is 11.4 Å². The minimum Gasteiger partial charge on any atom is -0.350 e. The van der Waals surface area contributed by atoms with Crippen LogP contribution in [-0.2, 0) is 13.0 Å². The van der Waals surface area contributed by atoms with E-state index < -0.39 is 0 Å². The molecule has 34 heavy (non-hydrogen) atoms. The summed E-state index contributed by atoms with van der Waals surface area (Å²) in [6, 6.07) is 23.9. The van der Waals surface area contributed by atoms with Crippen LogP contribution in [0, 0.1) is 5.92 Å². The van der Waals surface area contributed by atoms with Crippen molar-refractivity contribution in [1.82, 2.24) is 29.5 Å². The summed E-state index contributed by atoms with van der Waals surface area (Å²) in [6.45, 7) is 1.49. The highest BCUT2D eigenvalue weighted by molar-refractivity contribution is 5.93. The molecule has 7 nitrogen and oxygen atoms in total. The van der Waals surface area contributed by atoms with Gasteiger partial charge in [-0.2, -0.15) is 5.10 Å². The molecule has 1 amide bonds. The minimum absolute atomic E-state index is 0.179. The Hall–Kier alpha value is -4.26. The summed E-state index contributed by atoms with van der Waals surface area (Å²) in [5.41, 5.74) is 4.78. The fourth-order valence-electron chi connectivity index (χ4n) is 4.59. The number of carbonyl (C=O) groups excluding carboxylic acids is 1. The molecule has 7 heteroatoms. The molecular formula is C27H24N6O. The van der Waals surface area contributed by atoms with Crippen molar-refractivity contribution in [3.63, 3.8) is 0 Å². The van der Waals surface area contributed by atoms with Crippen molar-refractivity contribution in [2.75, 3.05) is 6.54 Å². The van der Waals surface area contributed by atoms with Gasteiger partial charge in [-0.3, -0.25) is 4.79 Å². The Morgan fingerprint density at radius 1 is 1.00 bits per heavy atom. The normalized spacial score (nSPS) is 15.2. The number of imidazole rings is 1. The number of nitrogens with one attached hydrogen (secondary N) is 1. The molecule has 6 rings (SSSR count). The molecule has 0 radical (unpaired) electrons. The third-order valence-electron chi connectivity index (χ3n) is 6.38. The standard InChI is InChI=1S/C27H24N6O/c34-27(29-17-19-11-12-25-28-13-14-32(25)18-19)23-16-26-30-22(20-7-3-1-4-8-20)15-24(33(26)31-23)21-9-5-2-6-10-21/h1-10,13-16,19H,11-12,17-18H2,(H,29,34). The highest BCUT2D eigenvalue weighted by atomic mass is 16.1. The molecule has 4 heterocycles. The molecule has 0 fully saturated rings. The second-order valence-corrected chi connectivity index (χ2v) is 8.67. The Kier molecular flexibility index (Phi) is 5.14. The Morgan fingerprint density at radius 2 is 1.76 bits per heavy atom. The second kappa shape index (κ2) is 8.59. The lowest BCUT2D eigenvalue weighted by Gasteiger charge is -2.23. The number of hydrogen-bond donors (Lipinski definition) is 1. The number of fused-ring (bicyclic) bond motifs is 2. The molecule has 5 aromatic rings. The number of aryl methyl sites for hydroxylation is 1. The Morgan fingerprint density at radius 3 is 2.56 bits per heavy atom. The predicted molar refractivity (Wildman–Crippen MR) is 130 cm³/mol. The molecule has 1 N–H and O–H groups in total. The van der Waals surface area contributed by atoms with E-state index in [1.54, 1.807) is 10.6 Å². The molecule has 168 valence electrons. The van der Waals surface area contributed by atoms with Crippen LogP contribution in [0.25, 0.3) is 28.2 Å². The van der Waals surface area contributed by atoms with Crippen LogP contribution in [0.2, 0.25) is 0 Å². The van der Waals surface area contributed by atoms with Gasteiger partial charge in [0.1, 0.15) is 5.82 Å². The first-order chi connectivity index (χ1) is 16.7. The van der Waals surface area contributed by atoms with Crippen molar-refractivity contribution < 1.29 is 4.79 Å². The van der Waals surface area contributed by atoms with E-state index in [2.05, 4.69) is 20.0 Å². The van der Waals surface area contributed by atoms with E-state index in [9.17, 15) is 4.79 Å². The summed E-state index contributed by atoms with van der Waals surface area (Å²) < 4.78 is 3.93. The summed E-state index contributed by atoms with van der Waals surface area (Å²) in [4.78, 5) is 22.2. The van der Waals surface area contributed by atoms with Crippen LogP contribution in [-0.4, -0.2) is 36.6 Å². The molecular weight excluding hydrogens is 424 g/mol. The molecule has 2 aromatic carbocycles. The lowest BCUT2D eigenvalue weighted by molar-refractivity contribution is 0.0938. The van der Waals surface area contributed by atoms with Gasteiger partial charge in [0.15, 0.2) is 11.3 Å². The summed E-state index contributed by atoms with van der Waals surface area (Å²) in [6.07, 6.45) is 5.80. The number of benzene rings is 2. The van der Waals surface area contributed by atoms with Crippen molar-refractivity contribution in [2.24, 2.45) is 5.92 Å². The van der Waals surface area contributed by atoms with Crippen LogP contribution >= 0.6 is 0 Å². The van der Waals surface area contributed by atoms with Gasteiger partial charge in [0.2, 0.25) is 0 Å². The Bertz CT molecular complexity index is 1450. The molecule has 3 aromatic heterocycles. The molecule has 0 bridgehead atoms. The third-order valence-corrected chi connectivity index (χ3v) is 6.38. The van der Waals surface area contributed by atoms with Gasteiger partial charge in [-0.1, -0.05) is 60.7 Å². The summed E-state index contributed by atoms with van der Waals surface area (Å²) in [7, 11) is 0. The first-order valence-electron chi connectivity index (χ1n) is 11.5. The number of carbonyl (C=O) groups is 1. The smallest absolute Gasteiger partial charge is 0.271 e. The first-order valence-corrected chi connectivity index (χ1v) is 11.5. The zero-order chi connectivity index (χ0) is 22.9. The van der Waals surface area contributed by atoms with Crippen molar-refractivity contribution in [1.29, 1.82) is 0 Å². The summed E-state index contributed by atoms with van der Waals surface area (Å²) in [5.74, 6) is 1.32. The van der Waals surface area contributed by atoms with Gasteiger partial charge in [0.25, 0.3) is 5.91 Å². The number of nitrogens with zero attached hydrogens (tertiary/aromatic N) is 5. The second-order valence-electron chi connectivity index (χ2n) is 8.67. The molecule has 0 spiro atoms. The lowest BCUT2D eigenvalue weighted by Crippen LogP contribution is -2.33. The van der Waals surface area contributed by atoms with Gasteiger partial charge in [0, 0.05) is 49.1 Å². The highest BCUT2D eigenvalue weighted by Gasteiger charge is 2.21. The predicted octanol–water partition coefficient (Wildman–Crippen LogP) is 4.25. The molecule has 0 saturated carbocycles. The maximum atomic E-state index is 13.0. The van der Waals surface area contributed by atoms with Crippen LogP contribution in [0.4, 0.5) is 0 Å². The summed E-state index contributed by atoms with van der Waals surface area (Å²) in [5, 5.41) is 7.72. The third kappa shape index (κ3) is 3.85. The number of hydrogen-bond acceptors (Lipinski definition) is 4. The average Bonchev–Trinajstić information content (AvgIpc) is 3.54. The van der Waals surface area contributed by atoms with E-state index in [0.29, 0.717) is 23.8 Å². The fourth-order valence-corrected chi connectivity index (χ4v) is 4.59. The highest BCUT2D eigenvalue weighted by Crippen LogP contribution is 2.26. The van der Waals surface area contributed by atoms with Crippen LogP contribution in [0.3, 0.4) is 0 Å². The monoisotopic (exact) mass is 448 g/mol. The summed E-state index contributed by atoms with van der Waals surface area (Å²) >= 11 is 0. The van der Waals surface area contributed by atoms with Crippen LogP contribution in [0.5, 0.6) is 0 Å². The van der Waals surface area contributed by atoms with Crippen molar-refractivity contribution >= 4 is 11.6 Å². The minimum atomic E-state index is -0.179. The van der Waals surface area contributed by atoms with E-state index in [1.807, 2.05) is 79.1 Å². The van der Waals surface area contributed by atoms with Crippen molar-refractivity contribution in [2.45, 2.75) is 19.4 Å². The van der Waals surface area contributed by atoms with Crippen LogP contribution in [0.15, 0.2) is 85.2 Å². The molecule has 1 aliphatic rings. The molecule has 0 saturated heterocycles. The zero-order valence-electron chi connectivity index (χ0n) is 18.6. The molecule has 1 atom stereocenters. The average molecular weight is 449 g/mol. The number of aromatic nitrogens is 5. The number of amides is 1. The van der Waals surface area contributed by atoms with Gasteiger partial charge in [-0.05, 0) is 18.4 Å². The maximum absolute atomic E-state index is 13.0. The van der Waals surface area contributed by atoms with Gasteiger partial charge in [-0.25, -0.2) is 14.5 Å². The van der Waals surface area contributed by atoms with E-state index in [4.69, 9.17) is 4.98 Å². The zero-order valence-corrected chi connectivity index (χ0v) is 18.6. The van der Waals surface area contributed by atoms with Gasteiger partial charge in [-0.15, -0.1) is 0 Å². The first kappa shape index (κ1) is 20.4. The number of rotatable bonds is 5. The van der Waals surface area contributed by atoms with Crippen LogP contribution in [0.1, 0.15) is 22.7 Å². The molecule has 0 aliphatic carbocycles. The SMILES string of the molecule is O=C(NCC1CCc2nccn2C1)c1cc2nc(-c3ccccc3)cc(-c3ccccc3)n2n1. The van der Waals surface area contributed by atoms with Crippen molar-refractivity contribution in [3.8, 4) is 22.5 Å². The quantitative estimate of drug-likeness (QED) is 0.436.